The predicted octanol–water partition coefficient (Wildman–Crippen LogP) is 5.07. The number of hydrogen-bond acceptors (Lipinski definition) is 4. The van der Waals surface area contributed by atoms with Crippen LogP contribution in [0.2, 0.25) is 0 Å². The molecule has 0 bridgehead atoms. The highest BCUT2D eigenvalue weighted by atomic mass is 32.1. The summed E-state index contributed by atoms with van der Waals surface area (Å²) in [6, 6.07) is 20.0. The van der Waals surface area contributed by atoms with Crippen LogP contribution in [0.1, 0.15) is 34.7 Å². The minimum absolute atomic E-state index is 0.111. The molecule has 6 nitrogen and oxygen atoms in total. The van der Waals surface area contributed by atoms with E-state index < -0.39 is 0 Å². The van der Waals surface area contributed by atoms with Gasteiger partial charge in [-0.3, -0.25) is 9.97 Å². The van der Waals surface area contributed by atoms with E-state index in [0.29, 0.717) is 5.11 Å². The van der Waals surface area contributed by atoms with Crippen LogP contribution in [-0.4, -0.2) is 26.8 Å². The smallest absolute Gasteiger partial charge is 0.174 e. The van der Waals surface area contributed by atoms with Crippen LogP contribution >= 0.6 is 12.2 Å². The summed E-state index contributed by atoms with van der Waals surface area (Å²) in [7, 11) is 1.69. The fourth-order valence-corrected chi connectivity index (χ4v) is 5.07. The van der Waals surface area contributed by atoms with Gasteiger partial charge in [0.05, 0.1) is 42.5 Å². The molecule has 3 aromatic heterocycles. The number of anilines is 1. The van der Waals surface area contributed by atoms with Crippen molar-refractivity contribution in [2.45, 2.75) is 25.9 Å². The number of aromatic nitrogens is 3. The van der Waals surface area contributed by atoms with Gasteiger partial charge in [-0.2, -0.15) is 0 Å². The van der Waals surface area contributed by atoms with Crippen molar-refractivity contribution in [1.29, 1.82) is 0 Å². The Hall–Kier alpha value is -3.71. The van der Waals surface area contributed by atoms with Crippen LogP contribution in [0.4, 0.5) is 5.69 Å². The van der Waals surface area contributed by atoms with Gasteiger partial charge < -0.3 is 19.5 Å². The molecule has 1 N–H and O–H groups in total. The second-order valence-corrected chi connectivity index (χ2v) is 8.43. The lowest BCUT2D eigenvalue weighted by Crippen LogP contribution is -2.30. The molecule has 4 heterocycles. The third-order valence-electron chi connectivity index (χ3n) is 6.14. The molecule has 1 aliphatic heterocycles. The minimum atomic E-state index is -0.119. The molecule has 0 aliphatic carbocycles. The van der Waals surface area contributed by atoms with E-state index in [0.717, 1.165) is 34.2 Å². The second kappa shape index (κ2) is 8.67. The van der Waals surface area contributed by atoms with E-state index in [9.17, 15) is 0 Å². The number of aryl methyl sites for hydroxylation is 1. The first-order chi connectivity index (χ1) is 16.1. The summed E-state index contributed by atoms with van der Waals surface area (Å²) in [5.74, 6) is 0.773. The third-order valence-corrected chi connectivity index (χ3v) is 6.45. The van der Waals surface area contributed by atoms with Crippen LogP contribution in [0.15, 0.2) is 79.3 Å². The molecule has 1 fully saturated rings. The molecule has 4 aromatic rings. The summed E-state index contributed by atoms with van der Waals surface area (Å²) in [4.78, 5) is 11.1. The summed E-state index contributed by atoms with van der Waals surface area (Å²) in [5, 5.41) is 4.18. The largest absolute Gasteiger partial charge is 0.495 e. The molecule has 5 rings (SSSR count). The number of nitrogens with zero attached hydrogens (tertiary/aromatic N) is 4. The van der Waals surface area contributed by atoms with E-state index in [1.54, 1.807) is 13.3 Å². The summed E-state index contributed by atoms with van der Waals surface area (Å²) >= 11 is 5.88. The maximum Gasteiger partial charge on any atom is 0.174 e. The summed E-state index contributed by atoms with van der Waals surface area (Å²) in [6.07, 6.45) is 5.50. The van der Waals surface area contributed by atoms with E-state index >= 15 is 0 Å². The molecular formula is C26H25N5OS. The molecule has 0 amide bonds. The average Bonchev–Trinajstić information content (AvgIpc) is 3.35. The highest BCUT2D eigenvalue weighted by Gasteiger charge is 2.43. The first-order valence-electron chi connectivity index (χ1n) is 10.8. The van der Waals surface area contributed by atoms with Crippen molar-refractivity contribution in [3.8, 4) is 11.4 Å². The van der Waals surface area contributed by atoms with Crippen molar-refractivity contribution < 1.29 is 4.74 Å². The molecule has 1 aromatic carbocycles. The van der Waals surface area contributed by atoms with Crippen molar-refractivity contribution in [3.05, 3.63) is 102 Å². The van der Waals surface area contributed by atoms with Crippen LogP contribution in [0.5, 0.6) is 5.75 Å². The Morgan fingerprint density at radius 3 is 2.55 bits per heavy atom. The number of hydrogen-bond donors (Lipinski definition) is 1. The molecule has 0 saturated carbocycles. The molecule has 2 atom stereocenters. The van der Waals surface area contributed by atoms with Gasteiger partial charge in [0.15, 0.2) is 5.11 Å². The first-order valence-corrected chi connectivity index (χ1v) is 11.2. The monoisotopic (exact) mass is 455 g/mol. The zero-order chi connectivity index (χ0) is 22.9. The Labute approximate surface area is 198 Å². The number of pyridine rings is 2. The highest BCUT2D eigenvalue weighted by Crippen LogP contribution is 2.45. The molecule has 0 spiro atoms. The second-order valence-electron chi connectivity index (χ2n) is 8.04. The quantitative estimate of drug-likeness (QED) is 0.424. The maximum absolute atomic E-state index is 5.88. The van der Waals surface area contributed by atoms with E-state index in [1.807, 2.05) is 60.9 Å². The standard InChI is InChI=1S/C26H25N5OS/c1-17-15-20(18(2)30(17)19-9-8-13-27-16-19)25-24(21-10-6-7-14-28-21)29-26(33)31(25)22-11-4-5-12-23(22)32-3/h4-16,24-25H,1-3H3,(H,29,33)/t24-,25-/m1/s1. The van der Waals surface area contributed by atoms with Crippen LogP contribution in [0.3, 0.4) is 0 Å². The zero-order valence-electron chi connectivity index (χ0n) is 18.8. The van der Waals surface area contributed by atoms with E-state index in [2.05, 4.69) is 50.7 Å². The molecule has 1 saturated heterocycles. The van der Waals surface area contributed by atoms with Crippen molar-refractivity contribution in [1.82, 2.24) is 19.9 Å². The first kappa shape index (κ1) is 21.2. The van der Waals surface area contributed by atoms with Crippen LogP contribution in [-0.2, 0) is 0 Å². The van der Waals surface area contributed by atoms with E-state index in [1.165, 1.54) is 5.56 Å². The number of methoxy groups -OCH3 is 1. The predicted molar refractivity (Wildman–Crippen MR) is 134 cm³/mol. The van der Waals surface area contributed by atoms with Gasteiger partial charge in [-0.15, -0.1) is 0 Å². The average molecular weight is 456 g/mol. The number of rotatable bonds is 5. The van der Waals surface area contributed by atoms with Crippen molar-refractivity contribution in [2.75, 3.05) is 12.0 Å². The Balaban J connectivity index is 1.71. The maximum atomic E-state index is 5.88. The van der Waals surface area contributed by atoms with Gasteiger partial charge in [-0.25, -0.2) is 0 Å². The number of benzene rings is 1. The summed E-state index contributed by atoms with van der Waals surface area (Å²) in [5.41, 5.74) is 6.34. The van der Waals surface area contributed by atoms with Gasteiger partial charge in [0.25, 0.3) is 0 Å². The number of ether oxygens (including phenoxy) is 1. The number of thiocarbonyl (C=S) groups is 1. The Kier molecular flexibility index (Phi) is 5.56. The van der Waals surface area contributed by atoms with Crippen LogP contribution < -0.4 is 15.0 Å². The number of nitrogens with one attached hydrogen (secondary N) is 1. The molecular weight excluding hydrogens is 430 g/mol. The summed E-state index contributed by atoms with van der Waals surface area (Å²) in [6.45, 7) is 4.26. The van der Waals surface area contributed by atoms with Crippen molar-refractivity contribution in [3.63, 3.8) is 0 Å². The Morgan fingerprint density at radius 1 is 1.00 bits per heavy atom. The normalized spacial score (nSPS) is 17.8. The fraction of sp³-hybridized carbons (Fsp3) is 0.192. The molecule has 0 unspecified atom stereocenters. The van der Waals surface area contributed by atoms with E-state index in [4.69, 9.17) is 17.0 Å². The lowest BCUT2D eigenvalue weighted by atomic mass is 9.96. The molecule has 33 heavy (non-hydrogen) atoms. The van der Waals surface area contributed by atoms with Gasteiger partial charge in [0, 0.05) is 23.8 Å². The van der Waals surface area contributed by atoms with Gasteiger partial charge in [0.1, 0.15) is 5.75 Å². The minimum Gasteiger partial charge on any atom is -0.495 e. The van der Waals surface area contributed by atoms with E-state index in [-0.39, 0.29) is 12.1 Å². The topological polar surface area (TPSA) is 55.2 Å². The number of para-hydroxylation sites is 2. The lowest BCUT2D eigenvalue weighted by molar-refractivity contribution is 0.414. The third kappa shape index (κ3) is 3.64. The van der Waals surface area contributed by atoms with Crippen LogP contribution in [0, 0.1) is 13.8 Å². The summed E-state index contributed by atoms with van der Waals surface area (Å²) < 4.78 is 7.94. The Morgan fingerprint density at radius 2 is 1.82 bits per heavy atom. The van der Waals surface area contributed by atoms with Gasteiger partial charge in [-0.1, -0.05) is 18.2 Å². The molecule has 1 aliphatic rings. The van der Waals surface area contributed by atoms with Crippen molar-refractivity contribution in [2.24, 2.45) is 0 Å². The highest BCUT2D eigenvalue weighted by molar-refractivity contribution is 7.80. The fourth-order valence-electron chi connectivity index (χ4n) is 4.73. The molecule has 7 heteroatoms. The van der Waals surface area contributed by atoms with Gasteiger partial charge in [-0.05, 0) is 74.1 Å². The zero-order valence-corrected chi connectivity index (χ0v) is 19.6. The Bertz CT molecular complexity index is 1290. The van der Waals surface area contributed by atoms with Gasteiger partial charge in [0.2, 0.25) is 0 Å². The van der Waals surface area contributed by atoms with Crippen molar-refractivity contribution >= 4 is 23.0 Å². The molecule has 0 radical (unpaired) electrons. The molecule has 166 valence electrons. The van der Waals surface area contributed by atoms with Gasteiger partial charge >= 0.3 is 0 Å². The SMILES string of the molecule is COc1ccccc1N1C(=S)N[C@H](c2ccccn2)[C@H]1c1cc(C)n(-c2cccnc2)c1C. The lowest BCUT2D eigenvalue weighted by Gasteiger charge is -2.29. The van der Waals surface area contributed by atoms with Crippen LogP contribution in [0.25, 0.3) is 5.69 Å².